The molecule has 2 aromatic rings. The number of fused-ring (bicyclic) bond motifs is 3. The number of hydrogen-bond donors (Lipinski definition) is 2. The maximum Gasteiger partial charge on any atom is 0.408 e. The molecule has 1 aromatic carbocycles. The molecule has 0 saturated carbocycles. The Hall–Kier alpha value is -2.96. The molecule has 31 heavy (non-hydrogen) atoms. The fraction of sp³-hybridized carbons (Fsp3) is 0.500. The fourth-order valence-corrected chi connectivity index (χ4v) is 3.82. The summed E-state index contributed by atoms with van der Waals surface area (Å²) in [4.78, 5) is 16.5. The zero-order chi connectivity index (χ0) is 22.8. The van der Waals surface area contributed by atoms with Crippen LogP contribution < -0.4 is 20.5 Å². The monoisotopic (exact) mass is 427 g/mol. The molecule has 0 fully saturated rings. The number of aromatic nitrogens is 1. The van der Waals surface area contributed by atoms with Gasteiger partial charge < -0.3 is 25.3 Å². The molecule has 1 atom stereocenters. The van der Waals surface area contributed by atoms with Crippen LogP contribution in [0.5, 0.6) is 11.5 Å². The Morgan fingerprint density at radius 3 is 2.65 bits per heavy atom. The summed E-state index contributed by atoms with van der Waals surface area (Å²) < 4.78 is 17.4. The summed E-state index contributed by atoms with van der Waals surface area (Å²) >= 11 is 0. The Kier molecular flexibility index (Phi) is 6.34. The number of nitrogens with one attached hydrogen (secondary N) is 1. The van der Waals surface area contributed by atoms with Crippen LogP contribution in [0.2, 0.25) is 0 Å². The van der Waals surface area contributed by atoms with Gasteiger partial charge in [0.2, 0.25) is 0 Å². The second kappa shape index (κ2) is 8.65. The van der Waals surface area contributed by atoms with Gasteiger partial charge in [-0.1, -0.05) is 19.9 Å². The molecular formula is C24H33N3O4. The number of pyridine rings is 1. The molecule has 3 N–H and O–H groups in total. The molecule has 7 heteroatoms. The molecular weight excluding hydrogens is 394 g/mol. The van der Waals surface area contributed by atoms with Crippen LogP contribution in [0, 0.1) is 5.92 Å². The van der Waals surface area contributed by atoms with E-state index in [0.29, 0.717) is 30.7 Å². The highest BCUT2D eigenvalue weighted by atomic mass is 16.6. The smallest absolute Gasteiger partial charge is 0.408 e. The van der Waals surface area contributed by atoms with Gasteiger partial charge in [0.15, 0.2) is 0 Å². The molecule has 0 spiro atoms. The van der Waals surface area contributed by atoms with Gasteiger partial charge in [-0.25, -0.2) is 9.78 Å². The van der Waals surface area contributed by atoms with Crippen LogP contribution in [-0.2, 0) is 11.3 Å². The van der Waals surface area contributed by atoms with Gasteiger partial charge in [-0.2, -0.15) is 0 Å². The summed E-state index contributed by atoms with van der Waals surface area (Å²) in [5.41, 5.74) is 7.71. The number of ether oxygens (including phenoxy) is 3. The minimum Gasteiger partial charge on any atom is -0.491 e. The van der Waals surface area contributed by atoms with E-state index in [1.807, 2.05) is 52.0 Å². The maximum atomic E-state index is 12.4. The number of carbonyl (C=O) groups is 1. The zero-order valence-corrected chi connectivity index (χ0v) is 19.2. The number of alkyl carbamates (subject to hydrolysis) is 1. The van der Waals surface area contributed by atoms with Crippen LogP contribution in [0.15, 0.2) is 30.5 Å². The van der Waals surface area contributed by atoms with Crippen molar-refractivity contribution in [2.24, 2.45) is 5.92 Å². The summed E-state index contributed by atoms with van der Waals surface area (Å²) in [6, 6.07) is 7.72. The Balaban J connectivity index is 1.74. The minimum atomic E-state index is -0.574. The van der Waals surface area contributed by atoms with E-state index in [4.69, 9.17) is 19.9 Å². The molecule has 1 aromatic heterocycles. The van der Waals surface area contributed by atoms with Crippen LogP contribution in [0.4, 0.5) is 10.6 Å². The predicted molar refractivity (Wildman–Crippen MR) is 121 cm³/mol. The number of nitrogen functional groups attached to an aromatic ring is 1. The number of anilines is 1. The van der Waals surface area contributed by atoms with E-state index in [1.165, 1.54) is 0 Å². The number of benzene rings is 1. The summed E-state index contributed by atoms with van der Waals surface area (Å²) in [6.45, 7) is 12.5. The van der Waals surface area contributed by atoms with Gasteiger partial charge in [0.05, 0.1) is 11.7 Å². The van der Waals surface area contributed by atoms with E-state index in [-0.39, 0.29) is 0 Å². The SMILES string of the molecule is CC(C)C[C@@](C)(COc1ccc2c(c1)COc1cnc(N)cc1-2)NC(=O)OC(C)(C)C. The van der Waals surface area contributed by atoms with Crippen molar-refractivity contribution in [3.05, 3.63) is 36.0 Å². The molecule has 1 aliphatic heterocycles. The lowest BCUT2D eigenvalue weighted by Crippen LogP contribution is -2.52. The molecule has 0 aliphatic carbocycles. The number of amides is 1. The normalized spacial score (nSPS) is 14.7. The van der Waals surface area contributed by atoms with Gasteiger partial charge >= 0.3 is 6.09 Å². The third kappa shape index (κ3) is 6.03. The first-order valence-corrected chi connectivity index (χ1v) is 10.6. The van der Waals surface area contributed by atoms with E-state index in [2.05, 4.69) is 24.1 Å². The van der Waals surface area contributed by atoms with Crippen molar-refractivity contribution in [3.8, 4) is 22.6 Å². The lowest BCUT2D eigenvalue weighted by Gasteiger charge is -2.33. The van der Waals surface area contributed by atoms with Crippen LogP contribution in [0.3, 0.4) is 0 Å². The molecule has 1 aliphatic rings. The van der Waals surface area contributed by atoms with Crippen LogP contribution in [0.1, 0.15) is 53.5 Å². The van der Waals surface area contributed by atoms with E-state index in [9.17, 15) is 4.79 Å². The van der Waals surface area contributed by atoms with E-state index in [0.717, 1.165) is 28.9 Å². The molecule has 1 amide bonds. The molecule has 168 valence electrons. The van der Waals surface area contributed by atoms with E-state index in [1.54, 1.807) is 6.20 Å². The third-order valence-electron chi connectivity index (χ3n) is 4.86. The first-order chi connectivity index (χ1) is 14.4. The van der Waals surface area contributed by atoms with Crippen molar-refractivity contribution in [1.82, 2.24) is 10.3 Å². The maximum absolute atomic E-state index is 12.4. The Labute approximate surface area is 184 Å². The van der Waals surface area contributed by atoms with Gasteiger partial charge in [0.1, 0.15) is 36.1 Å². The van der Waals surface area contributed by atoms with Gasteiger partial charge in [0, 0.05) is 11.1 Å². The van der Waals surface area contributed by atoms with Crippen molar-refractivity contribution in [3.63, 3.8) is 0 Å². The summed E-state index contributed by atoms with van der Waals surface area (Å²) in [5.74, 6) is 2.26. The van der Waals surface area contributed by atoms with Crippen LogP contribution in [0.25, 0.3) is 11.1 Å². The van der Waals surface area contributed by atoms with Crippen LogP contribution in [-0.4, -0.2) is 28.8 Å². The highest BCUT2D eigenvalue weighted by molar-refractivity contribution is 5.77. The van der Waals surface area contributed by atoms with Crippen molar-refractivity contribution >= 4 is 11.9 Å². The van der Waals surface area contributed by atoms with Gasteiger partial charge in [-0.3, -0.25) is 0 Å². The largest absolute Gasteiger partial charge is 0.491 e. The molecule has 0 bridgehead atoms. The number of rotatable bonds is 6. The average molecular weight is 428 g/mol. The van der Waals surface area contributed by atoms with Crippen molar-refractivity contribution in [2.75, 3.05) is 12.3 Å². The number of hydrogen-bond acceptors (Lipinski definition) is 6. The number of nitrogens with two attached hydrogens (primary N) is 1. The van der Waals surface area contributed by atoms with Crippen molar-refractivity contribution in [1.29, 1.82) is 0 Å². The molecule has 0 radical (unpaired) electrons. The molecule has 7 nitrogen and oxygen atoms in total. The number of nitrogens with zero attached hydrogens (tertiary/aromatic N) is 1. The van der Waals surface area contributed by atoms with Crippen molar-refractivity contribution in [2.45, 2.75) is 65.7 Å². The zero-order valence-electron chi connectivity index (χ0n) is 19.2. The van der Waals surface area contributed by atoms with Gasteiger partial charge in [-0.05, 0) is 63.8 Å². The summed E-state index contributed by atoms with van der Waals surface area (Å²) in [7, 11) is 0. The second-order valence-electron chi connectivity index (χ2n) is 9.79. The molecule has 0 unspecified atom stereocenters. The predicted octanol–water partition coefficient (Wildman–Crippen LogP) is 4.93. The van der Waals surface area contributed by atoms with Gasteiger partial charge in [0.25, 0.3) is 0 Å². The highest BCUT2D eigenvalue weighted by Crippen LogP contribution is 2.39. The Bertz CT molecular complexity index is 952. The fourth-order valence-electron chi connectivity index (χ4n) is 3.82. The Morgan fingerprint density at radius 1 is 1.23 bits per heavy atom. The third-order valence-corrected chi connectivity index (χ3v) is 4.86. The Morgan fingerprint density at radius 2 is 1.97 bits per heavy atom. The first kappa shape index (κ1) is 22.7. The minimum absolute atomic E-state index is 0.317. The molecule has 2 heterocycles. The highest BCUT2D eigenvalue weighted by Gasteiger charge is 2.31. The standard InChI is InChI=1S/C24H33N3O4/c1-15(2)11-24(6,27-22(28)31-23(3,4)5)14-30-17-7-8-18-16(9-17)13-29-20-12-26-21(25)10-19(18)20/h7-10,12,15H,11,13-14H2,1-6H3,(H2,25,26)(H,27,28)/t24-/m0/s1. The molecule has 0 saturated heterocycles. The van der Waals surface area contributed by atoms with E-state index >= 15 is 0 Å². The summed E-state index contributed by atoms with van der Waals surface area (Å²) in [5, 5.41) is 3.00. The van der Waals surface area contributed by atoms with E-state index < -0.39 is 17.2 Å². The van der Waals surface area contributed by atoms with Crippen LogP contribution >= 0.6 is 0 Å². The first-order valence-electron chi connectivity index (χ1n) is 10.6. The van der Waals surface area contributed by atoms with Gasteiger partial charge in [-0.15, -0.1) is 0 Å². The lowest BCUT2D eigenvalue weighted by molar-refractivity contribution is 0.0408. The molecule has 3 rings (SSSR count). The van der Waals surface area contributed by atoms with Crippen molar-refractivity contribution < 1.29 is 19.0 Å². The topological polar surface area (TPSA) is 95.7 Å². The number of carbonyl (C=O) groups excluding carboxylic acids is 1. The summed E-state index contributed by atoms with van der Waals surface area (Å²) in [6.07, 6.45) is 1.96. The lowest BCUT2D eigenvalue weighted by atomic mass is 9.91. The quantitative estimate of drug-likeness (QED) is 0.678. The average Bonchev–Trinajstić information content (AvgIpc) is 2.63. The second-order valence-corrected chi connectivity index (χ2v) is 9.79.